The summed E-state index contributed by atoms with van der Waals surface area (Å²) in [4.78, 5) is 33.2. The van der Waals surface area contributed by atoms with E-state index in [0.29, 0.717) is 22.8 Å². The number of amides is 2. The second-order valence-corrected chi connectivity index (χ2v) is 9.76. The topological polar surface area (TPSA) is 100 Å². The average Bonchev–Trinajstić information content (AvgIpc) is 3.53. The number of nitrogens with one attached hydrogen (secondary N) is 2. The van der Waals surface area contributed by atoms with Gasteiger partial charge in [-0.2, -0.15) is 0 Å². The third-order valence-corrected chi connectivity index (χ3v) is 7.07. The molecular formula is C25H26N6O2S2. The quantitative estimate of drug-likeness (QED) is 0.344. The molecule has 0 aliphatic heterocycles. The highest BCUT2D eigenvalue weighted by molar-refractivity contribution is 7.15. The van der Waals surface area contributed by atoms with Crippen LogP contribution in [0.15, 0.2) is 53.9 Å². The minimum Gasteiger partial charge on any atom is -0.348 e. The van der Waals surface area contributed by atoms with Crippen LogP contribution in [-0.2, 0) is 13.1 Å². The summed E-state index contributed by atoms with van der Waals surface area (Å²) in [5.74, 6) is -0.417. The van der Waals surface area contributed by atoms with Crippen LogP contribution in [0.3, 0.4) is 0 Å². The van der Waals surface area contributed by atoms with E-state index in [-0.39, 0.29) is 11.8 Å². The molecule has 0 saturated carbocycles. The number of carbonyl (C=O) groups is 2. The first kappa shape index (κ1) is 24.6. The van der Waals surface area contributed by atoms with Gasteiger partial charge in [-0.1, -0.05) is 35.7 Å². The van der Waals surface area contributed by atoms with E-state index in [1.165, 1.54) is 22.9 Å². The van der Waals surface area contributed by atoms with Gasteiger partial charge in [0.2, 0.25) is 0 Å². The molecule has 0 fully saturated rings. The zero-order valence-electron chi connectivity index (χ0n) is 19.7. The van der Waals surface area contributed by atoms with Crippen LogP contribution >= 0.6 is 22.9 Å². The smallest absolute Gasteiger partial charge is 0.257 e. The maximum atomic E-state index is 12.8. The summed E-state index contributed by atoms with van der Waals surface area (Å²) in [5.41, 5.74) is 4.52. The molecule has 180 valence electrons. The Hall–Kier alpha value is -3.47. The number of thiazole rings is 1. The predicted molar refractivity (Wildman–Crippen MR) is 140 cm³/mol. The molecular weight excluding hydrogens is 480 g/mol. The summed E-state index contributed by atoms with van der Waals surface area (Å²) in [6, 6.07) is 14.4. The van der Waals surface area contributed by atoms with Crippen LogP contribution in [0, 0.1) is 6.92 Å². The van der Waals surface area contributed by atoms with Crippen molar-refractivity contribution in [1.82, 2.24) is 24.8 Å². The number of hydrogen-bond donors (Lipinski definition) is 2. The number of carbonyl (C=O) groups excluding carboxylic acids is 2. The largest absolute Gasteiger partial charge is 0.348 e. The molecule has 4 rings (SSSR count). The second kappa shape index (κ2) is 11.3. The lowest BCUT2D eigenvalue weighted by Gasteiger charge is -2.11. The first-order valence-electron chi connectivity index (χ1n) is 11.1. The molecule has 0 atom stereocenters. The number of anilines is 1. The van der Waals surface area contributed by atoms with Crippen LogP contribution in [0.1, 0.15) is 43.8 Å². The number of hydrogen-bond acceptors (Lipinski definition) is 8. The first-order chi connectivity index (χ1) is 16.9. The van der Waals surface area contributed by atoms with Gasteiger partial charge < -0.3 is 10.2 Å². The van der Waals surface area contributed by atoms with Gasteiger partial charge in [-0.3, -0.25) is 14.9 Å². The van der Waals surface area contributed by atoms with Crippen molar-refractivity contribution in [3.8, 4) is 11.3 Å². The maximum Gasteiger partial charge on any atom is 0.257 e. The maximum absolute atomic E-state index is 12.8. The van der Waals surface area contributed by atoms with E-state index in [9.17, 15) is 9.59 Å². The fourth-order valence-electron chi connectivity index (χ4n) is 3.34. The highest BCUT2D eigenvalue weighted by atomic mass is 32.1. The number of aryl methyl sites for hydroxylation is 1. The van der Waals surface area contributed by atoms with E-state index in [1.54, 1.807) is 24.3 Å². The Morgan fingerprint density at radius 1 is 1.06 bits per heavy atom. The Balaban J connectivity index is 1.35. The van der Waals surface area contributed by atoms with Crippen LogP contribution in [-0.4, -0.2) is 44.9 Å². The van der Waals surface area contributed by atoms with Crippen molar-refractivity contribution in [2.45, 2.75) is 26.9 Å². The van der Waals surface area contributed by atoms with Gasteiger partial charge in [0.25, 0.3) is 11.8 Å². The van der Waals surface area contributed by atoms with Crippen molar-refractivity contribution in [3.05, 3.63) is 81.2 Å². The van der Waals surface area contributed by atoms with Crippen LogP contribution < -0.4 is 10.6 Å². The number of rotatable bonds is 9. The number of aromatic nitrogens is 3. The molecule has 4 aromatic rings. The summed E-state index contributed by atoms with van der Waals surface area (Å²) in [6.07, 6.45) is 0. The Morgan fingerprint density at radius 3 is 2.57 bits per heavy atom. The van der Waals surface area contributed by atoms with Gasteiger partial charge in [-0.05, 0) is 61.9 Å². The molecule has 2 heterocycles. The molecule has 35 heavy (non-hydrogen) atoms. The molecule has 0 unspecified atom stereocenters. The molecule has 0 aliphatic rings. The van der Waals surface area contributed by atoms with Crippen molar-refractivity contribution in [2.75, 3.05) is 18.9 Å². The SMILES string of the molecule is CCN(C)Cc1sc(NC(=O)c2cccc(CNC(=O)c3ccc(-c4csnn4)cc3)c2)nc1C. The van der Waals surface area contributed by atoms with Crippen molar-refractivity contribution < 1.29 is 9.59 Å². The summed E-state index contributed by atoms with van der Waals surface area (Å²) in [7, 11) is 2.05. The molecule has 2 aromatic heterocycles. The summed E-state index contributed by atoms with van der Waals surface area (Å²) in [6.45, 7) is 6.11. The van der Waals surface area contributed by atoms with E-state index < -0.39 is 0 Å². The van der Waals surface area contributed by atoms with Gasteiger partial charge in [-0.15, -0.1) is 16.4 Å². The molecule has 0 radical (unpaired) electrons. The molecule has 8 nitrogen and oxygen atoms in total. The fraction of sp³-hybridized carbons (Fsp3) is 0.240. The Bertz CT molecular complexity index is 1300. The second-order valence-electron chi connectivity index (χ2n) is 8.06. The number of benzene rings is 2. The molecule has 0 spiro atoms. The molecule has 0 bridgehead atoms. The van der Waals surface area contributed by atoms with E-state index >= 15 is 0 Å². The van der Waals surface area contributed by atoms with Crippen molar-refractivity contribution in [3.63, 3.8) is 0 Å². The zero-order chi connectivity index (χ0) is 24.8. The Morgan fingerprint density at radius 2 is 1.86 bits per heavy atom. The zero-order valence-corrected chi connectivity index (χ0v) is 21.4. The monoisotopic (exact) mass is 506 g/mol. The molecule has 0 aliphatic carbocycles. The van der Waals surface area contributed by atoms with Crippen molar-refractivity contribution >= 4 is 39.8 Å². The highest BCUT2D eigenvalue weighted by Gasteiger charge is 2.14. The molecule has 2 amide bonds. The van der Waals surface area contributed by atoms with Gasteiger partial charge >= 0.3 is 0 Å². The number of nitrogens with zero attached hydrogens (tertiary/aromatic N) is 4. The minimum absolute atomic E-state index is 0.189. The molecule has 2 N–H and O–H groups in total. The molecule has 0 saturated heterocycles. The normalized spacial score (nSPS) is 11.0. The Kier molecular flexibility index (Phi) is 7.96. The van der Waals surface area contributed by atoms with Crippen molar-refractivity contribution in [1.29, 1.82) is 0 Å². The van der Waals surface area contributed by atoms with Crippen LogP contribution in [0.5, 0.6) is 0 Å². The minimum atomic E-state index is -0.227. The standard InChI is InChI=1S/C25H26N6O2S2/c1-4-31(3)14-22-16(2)27-25(35-22)28-24(33)20-7-5-6-17(12-20)13-26-23(32)19-10-8-18(9-11-19)21-15-34-30-29-21/h5-12,15H,4,13-14H2,1-3H3,(H,26,32)(H,27,28,33). The van der Waals surface area contributed by atoms with Gasteiger partial charge in [0.05, 0.1) is 5.69 Å². The molecule has 10 heteroatoms. The third-order valence-electron chi connectivity index (χ3n) is 5.51. The van der Waals surface area contributed by atoms with E-state index in [2.05, 4.69) is 44.1 Å². The van der Waals surface area contributed by atoms with Gasteiger partial charge in [0, 0.05) is 40.0 Å². The first-order valence-corrected chi connectivity index (χ1v) is 12.8. The summed E-state index contributed by atoms with van der Waals surface area (Å²) in [5, 5.41) is 12.3. The van der Waals surface area contributed by atoms with Crippen LogP contribution in [0.25, 0.3) is 11.3 Å². The summed E-state index contributed by atoms with van der Waals surface area (Å²) < 4.78 is 3.86. The third kappa shape index (κ3) is 6.36. The predicted octanol–water partition coefficient (Wildman–Crippen LogP) is 4.60. The lowest BCUT2D eigenvalue weighted by molar-refractivity contribution is 0.0950. The van der Waals surface area contributed by atoms with Gasteiger partial charge in [-0.25, -0.2) is 4.98 Å². The van der Waals surface area contributed by atoms with Crippen LogP contribution in [0.4, 0.5) is 5.13 Å². The van der Waals surface area contributed by atoms with Gasteiger partial charge in [0.15, 0.2) is 5.13 Å². The lowest BCUT2D eigenvalue weighted by atomic mass is 10.1. The fourth-order valence-corrected chi connectivity index (χ4v) is 4.85. The van der Waals surface area contributed by atoms with E-state index in [4.69, 9.17) is 0 Å². The molecule has 2 aromatic carbocycles. The van der Waals surface area contributed by atoms with Crippen LogP contribution in [0.2, 0.25) is 0 Å². The summed E-state index contributed by atoms with van der Waals surface area (Å²) >= 11 is 2.78. The van der Waals surface area contributed by atoms with E-state index in [1.807, 2.05) is 36.6 Å². The highest BCUT2D eigenvalue weighted by Crippen LogP contribution is 2.24. The van der Waals surface area contributed by atoms with Gasteiger partial charge in [0.1, 0.15) is 5.69 Å². The lowest BCUT2D eigenvalue weighted by Crippen LogP contribution is -2.23. The van der Waals surface area contributed by atoms with Crippen molar-refractivity contribution in [2.24, 2.45) is 0 Å². The average molecular weight is 507 g/mol. The van der Waals surface area contributed by atoms with E-state index in [0.717, 1.165) is 40.5 Å². The Labute approximate surface area is 212 Å².